The number of anilines is 2. The molecule has 0 aromatic heterocycles. The molecule has 28 heavy (non-hydrogen) atoms. The predicted molar refractivity (Wildman–Crippen MR) is 101 cm³/mol. The molecule has 0 saturated carbocycles. The maximum atomic E-state index is 13.7. The lowest BCUT2D eigenvalue weighted by Crippen LogP contribution is -2.23. The van der Waals surface area contributed by atoms with Crippen LogP contribution in [0.3, 0.4) is 0 Å². The Hall–Kier alpha value is -2.40. The van der Waals surface area contributed by atoms with Gasteiger partial charge in [0.2, 0.25) is 0 Å². The van der Waals surface area contributed by atoms with Crippen molar-refractivity contribution in [2.45, 2.75) is 20.0 Å². The number of rotatable bonds is 5. The first kappa shape index (κ1) is 21.9. The van der Waals surface area contributed by atoms with Gasteiger partial charge in [0, 0.05) is 22.1 Å². The number of nitro benzene ring substituents is 2. The number of non-ortho nitro benzene ring substituents is 1. The van der Waals surface area contributed by atoms with Crippen LogP contribution in [-0.4, -0.2) is 16.4 Å². The second kappa shape index (κ2) is 7.92. The summed E-state index contributed by atoms with van der Waals surface area (Å²) >= 11 is 9.27. The van der Waals surface area contributed by atoms with Gasteiger partial charge in [-0.2, -0.15) is 13.2 Å². The van der Waals surface area contributed by atoms with Gasteiger partial charge >= 0.3 is 6.18 Å². The summed E-state index contributed by atoms with van der Waals surface area (Å²) < 4.78 is 41.4. The van der Waals surface area contributed by atoms with Gasteiger partial charge in [-0.15, -0.1) is 0 Å². The first-order valence-electron chi connectivity index (χ1n) is 7.66. The second-order valence-corrected chi connectivity index (χ2v) is 6.82. The Balaban J connectivity index is 2.93. The fraction of sp³-hybridized carbons (Fsp3) is 0.250. The van der Waals surface area contributed by atoms with E-state index < -0.39 is 38.6 Å². The Morgan fingerprint density at radius 3 is 2.25 bits per heavy atom. The number of alkyl halides is 3. The SMILES string of the molecule is CCN(c1ccc(Cl)c(C)c1Br)c1c([N+](=O)[O-])cc([N+](=O)[O-])cc1C(F)(F)F. The minimum Gasteiger partial charge on any atom is -0.335 e. The first-order valence-corrected chi connectivity index (χ1v) is 8.83. The van der Waals surface area contributed by atoms with E-state index in [9.17, 15) is 33.4 Å². The number of nitro groups is 2. The third-order valence-corrected chi connectivity index (χ3v) is 5.37. The normalized spacial score (nSPS) is 11.4. The molecule has 2 rings (SSSR count). The molecule has 0 fully saturated rings. The number of hydrogen-bond acceptors (Lipinski definition) is 5. The van der Waals surface area contributed by atoms with Crippen molar-refractivity contribution in [2.75, 3.05) is 11.4 Å². The van der Waals surface area contributed by atoms with Gasteiger partial charge in [-0.3, -0.25) is 20.2 Å². The van der Waals surface area contributed by atoms with Crippen LogP contribution in [0.15, 0.2) is 28.7 Å². The van der Waals surface area contributed by atoms with Crippen molar-refractivity contribution < 1.29 is 23.0 Å². The van der Waals surface area contributed by atoms with Crippen LogP contribution in [0.25, 0.3) is 0 Å². The van der Waals surface area contributed by atoms with E-state index >= 15 is 0 Å². The van der Waals surface area contributed by atoms with E-state index in [1.807, 2.05) is 0 Å². The van der Waals surface area contributed by atoms with Gasteiger partial charge in [0.05, 0.1) is 27.2 Å². The minimum absolute atomic E-state index is 0.0819. The first-order chi connectivity index (χ1) is 12.9. The van der Waals surface area contributed by atoms with Gasteiger partial charge < -0.3 is 4.90 Å². The van der Waals surface area contributed by atoms with Crippen molar-refractivity contribution in [2.24, 2.45) is 0 Å². The summed E-state index contributed by atoms with van der Waals surface area (Å²) in [6.07, 6.45) is -5.06. The van der Waals surface area contributed by atoms with Crippen molar-refractivity contribution in [1.29, 1.82) is 0 Å². The maximum Gasteiger partial charge on any atom is 0.418 e. The zero-order valence-electron chi connectivity index (χ0n) is 14.4. The average molecular weight is 483 g/mol. The molecule has 0 radical (unpaired) electrons. The molecule has 0 aliphatic rings. The number of benzene rings is 2. The highest BCUT2D eigenvalue weighted by Gasteiger charge is 2.41. The van der Waals surface area contributed by atoms with Crippen LogP contribution < -0.4 is 4.90 Å². The molecule has 0 heterocycles. The lowest BCUT2D eigenvalue weighted by molar-refractivity contribution is -0.394. The molecular formula is C16H12BrClF3N3O4. The molecule has 2 aromatic rings. The van der Waals surface area contributed by atoms with Gasteiger partial charge in [-0.25, -0.2) is 0 Å². The smallest absolute Gasteiger partial charge is 0.335 e. The number of nitrogens with zero attached hydrogens (tertiary/aromatic N) is 3. The van der Waals surface area contributed by atoms with Crippen LogP contribution in [0.1, 0.15) is 18.1 Å². The Bertz CT molecular complexity index is 969. The van der Waals surface area contributed by atoms with Crippen LogP contribution in [-0.2, 0) is 6.18 Å². The summed E-state index contributed by atoms with van der Waals surface area (Å²) in [6.45, 7) is 3.04. The highest BCUT2D eigenvalue weighted by Crippen LogP contribution is 2.48. The summed E-state index contributed by atoms with van der Waals surface area (Å²) in [7, 11) is 0. The fourth-order valence-corrected chi connectivity index (χ4v) is 3.48. The van der Waals surface area contributed by atoms with E-state index in [-0.39, 0.29) is 12.2 Å². The monoisotopic (exact) mass is 481 g/mol. The predicted octanol–water partition coefficient (Wildman–Crippen LogP) is 6.40. The Morgan fingerprint density at radius 2 is 1.79 bits per heavy atom. The van der Waals surface area contributed by atoms with Crippen molar-refractivity contribution >= 4 is 50.3 Å². The number of hydrogen-bond donors (Lipinski definition) is 0. The molecule has 0 N–H and O–H groups in total. The zero-order valence-corrected chi connectivity index (χ0v) is 16.7. The lowest BCUT2D eigenvalue weighted by atomic mass is 10.1. The third kappa shape index (κ3) is 4.04. The minimum atomic E-state index is -5.06. The molecule has 0 unspecified atom stereocenters. The fourth-order valence-electron chi connectivity index (χ4n) is 2.65. The molecule has 12 heteroatoms. The van der Waals surface area contributed by atoms with Crippen molar-refractivity contribution in [3.8, 4) is 0 Å². The number of halogens is 5. The van der Waals surface area contributed by atoms with Gasteiger partial charge in [0.25, 0.3) is 11.4 Å². The van der Waals surface area contributed by atoms with Crippen LogP contribution in [0, 0.1) is 27.2 Å². The Kier molecular flexibility index (Phi) is 6.19. The molecule has 0 aliphatic heterocycles. The molecule has 2 aromatic carbocycles. The van der Waals surface area contributed by atoms with E-state index in [1.54, 1.807) is 6.92 Å². The lowest BCUT2D eigenvalue weighted by Gasteiger charge is -2.27. The van der Waals surface area contributed by atoms with Crippen LogP contribution in [0.5, 0.6) is 0 Å². The van der Waals surface area contributed by atoms with E-state index in [0.717, 1.165) is 4.90 Å². The molecule has 0 aliphatic carbocycles. The van der Waals surface area contributed by atoms with Gasteiger partial charge in [0.1, 0.15) is 5.69 Å². The highest BCUT2D eigenvalue weighted by atomic mass is 79.9. The van der Waals surface area contributed by atoms with Gasteiger partial charge in [-0.05, 0) is 47.5 Å². The van der Waals surface area contributed by atoms with Crippen LogP contribution in [0.4, 0.5) is 35.9 Å². The van der Waals surface area contributed by atoms with Crippen molar-refractivity contribution in [1.82, 2.24) is 0 Å². The average Bonchev–Trinajstić information content (AvgIpc) is 2.60. The maximum absolute atomic E-state index is 13.7. The molecule has 0 saturated heterocycles. The van der Waals surface area contributed by atoms with E-state index in [1.165, 1.54) is 19.1 Å². The zero-order chi connectivity index (χ0) is 21.4. The quantitative estimate of drug-likeness (QED) is 0.363. The van der Waals surface area contributed by atoms with E-state index in [4.69, 9.17) is 11.6 Å². The Morgan fingerprint density at radius 1 is 1.18 bits per heavy atom. The molecular weight excluding hydrogens is 471 g/mol. The third-order valence-electron chi connectivity index (χ3n) is 3.96. The summed E-state index contributed by atoms with van der Waals surface area (Å²) in [6, 6.07) is 3.67. The van der Waals surface area contributed by atoms with Gasteiger partial charge in [0.15, 0.2) is 0 Å². The van der Waals surface area contributed by atoms with Crippen molar-refractivity contribution in [3.05, 3.63) is 65.1 Å². The topological polar surface area (TPSA) is 89.5 Å². The molecule has 0 spiro atoms. The standard InChI is InChI=1S/C16H12BrClF3N3O4/c1-3-22(12-5-4-11(18)8(2)14(12)17)15-10(16(19,20)21)6-9(23(25)26)7-13(15)24(27)28/h4-7H,3H2,1-2H3. The van der Waals surface area contributed by atoms with Crippen LogP contribution in [0.2, 0.25) is 5.02 Å². The van der Waals surface area contributed by atoms with Gasteiger partial charge in [-0.1, -0.05) is 11.6 Å². The molecule has 0 atom stereocenters. The van der Waals surface area contributed by atoms with Crippen LogP contribution >= 0.6 is 27.5 Å². The summed E-state index contributed by atoms with van der Waals surface area (Å²) in [5.74, 6) is 0. The van der Waals surface area contributed by atoms with E-state index in [0.29, 0.717) is 27.2 Å². The summed E-state index contributed by atoms with van der Waals surface area (Å²) in [5.41, 5.74) is -3.58. The molecule has 0 amide bonds. The van der Waals surface area contributed by atoms with E-state index in [2.05, 4.69) is 15.9 Å². The van der Waals surface area contributed by atoms with Crippen molar-refractivity contribution in [3.63, 3.8) is 0 Å². The second-order valence-electron chi connectivity index (χ2n) is 5.62. The summed E-state index contributed by atoms with van der Waals surface area (Å²) in [4.78, 5) is 21.4. The molecule has 7 nitrogen and oxygen atoms in total. The Labute approximate surface area is 170 Å². The largest absolute Gasteiger partial charge is 0.418 e. The molecule has 150 valence electrons. The highest BCUT2D eigenvalue weighted by molar-refractivity contribution is 9.10. The summed E-state index contributed by atoms with van der Waals surface area (Å²) in [5, 5.41) is 22.8. The molecule has 0 bridgehead atoms.